The number of fused-ring (bicyclic) bond motifs is 1. The normalized spacial score (nSPS) is 23.7. The van der Waals surface area contributed by atoms with Crippen LogP contribution in [0, 0.1) is 12.8 Å². The fourth-order valence-electron chi connectivity index (χ4n) is 4.35. The predicted molar refractivity (Wildman–Crippen MR) is 112 cm³/mol. The Kier molecular flexibility index (Phi) is 5.25. The second-order valence-corrected chi connectivity index (χ2v) is 8.54. The second kappa shape index (κ2) is 7.71. The number of carbonyl (C=O) groups is 2. The van der Waals surface area contributed by atoms with Crippen molar-refractivity contribution in [2.45, 2.75) is 39.3 Å². The highest BCUT2D eigenvalue weighted by atomic mass is 16.2. The van der Waals surface area contributed by atoms with E-state index >= 15 is 0 Å². The number of amidine groups is 2. The molecule has 0 aliphatic carbocycles. The van der Waals surface area contributed by atoms with Gasteiger partial charge in [0.15, 0.2) is 0 Å². The SMILES string of the molecule is Cc1ccccc1C[N+]1=C(CN2CCC(C)CC2)N=C2C1C(=O)N(C)C(=O)N2C. The first kappa shape index (κ1) is 19.8. The van der Waals surface area contributed by atoms with Crippen LogP contribution in [0.15, 0.2) is 29.3 Å². The molecule has 7 heteroatoms. The number of rotatable bonds is 4. The van der Waals surface area contributed by atoms with Crippen LogP contribution >= 0.6 is 0 Å². The van der Waals surface area contributed by atoms with E-state index in [0.717, 1.165) is 24.8 Å². The maximum absolute atomic E-state index is 13.1. The maximum Gasteiger partial charge on any atom is 0.333 e. The summed E-state index contributed by atoms with van der Waals surface area (Å²) in [6.07, 6.45) is 2.37. The number of likely N-dealkylation sites (N-methyl/N-ethyl adjacent to an activating group) is 2. The molecule has 0 radical (unpaired) electrons. The fourth-order valence-corrected chi connectivity index (χ4v) is 4.35. The average molecular weight is 397 g/mol. The Morgan fingerprint density at radius 2 is 1.79 bits per heavy atom. The molecule has 3 aliphatic heterocycles. The Balaban J connectivity index is 1.70. The number of imide groups is 1. The smallest absolute Gasteiger partial charge is 0.292 e. The third-order valence-corrected chi connectivity index (χ3v) is 6.46. The van der Waals surface area contributed by atoms with Crippen molar-refractivity contribution < 1.29 is 14.2 Å². The number of aliphatic imine (C=N–C) groups is 1. The number of hydrogen-bond donors (Lipinski definition) is 0. The summed E-state index contributed by atoms with van der Waals surface area (Å²) in [5.41, 5.74) is 2.36. The molecule has 0 saturated carbocycles. The van der Waals surface area contributed by atoms with E-state index in [1.165, 1.54) is 33.8 Å². The molecule has 3 amide bonds. The molecule has 3 aliphatic rings. The molecule has 0 spiro atoms. The number of carbonyl (C=O) groups excluding carboxylic acids is 2. The molecule has 1 unspecified atom stereocenters. The molecule has 2 fully saturated rings. The van der Waals surface area contributed by atoms with E-state index in [9.17, 15) is 9.59 Å². The van der Waals surface area contributed by atoms with Crippen LogP contribution in [0.2, 0.25) is 0 Å². The summed E-state index contributed by atoms with van der Waals surface area (Å²) in [6, 6.07) is 7.37. The Morgan fingerprint density at radius 1 is 1.10 bits per heavy atom. The van der Waals surface area contributed by atoms with Crippen LogP contribution in [0.5, 0.6) is 0 Å². The van der Waals surface area contributed by atoms with E-state index in [-0.39, 0.29) is 11.9 Å². The third-order valence-electron chi connectivity index (χ3n) is 6.46. The first-order valence-electron chi connectivity index (χ1n) is 10.4. The fraction of sp³-hybridized carbons (Fsp3) is 0.545. The zero-order valence-corrected chi connectivity index (χ0v) is 17.8. The summed E-state index contributed by atoms with van der Waals surface area (Å²) in [7, 11) is 3.25. The van der Waals surface area contributed by atoms with Crippen molar-refractivity contribution in [3.8, 4) is 0 Å². The molecule has 154 valence electrons. The van der Waals surface area contributed by atoms with E-state index in [2.05, 4.69) is 35.5 Å². The first-order valence-corrected chi connectivity index (χ1v) is 10.4. The van der Waals surface area contributed by atoms with Crippen molar-refractivity contribution >= 4 is 23.6 Å². The van der Waals surface area contributed by atoms with Crippen molar-refractivity contribution in [2.75, 3.05) is 33.7 Å². The Labute approximate surface area is 172 Å². The number of amides is 3. The van der Waals surface area contributed by atoms with Crippen LogP contribution in [0.4, 0.5) is 4.79 Å². The van der Waals surface area contributed by atoms with E-state index in [1.54, 1.807) is 14.1 Å². The van der Waals surface area contributed by atoms with Gasteiger partial charge in [0, 0.05) is 14.1 Å². The van der Waals surface area contributed by atoms with Gasteiger partial charge < -0.3 is 0 Å². The average Bonchev–Trinajstić information content (AvgIpc) is 3.06. The number of urea groups is 1. The Hall–Kier alpha value is -2.54. The number of hydrogen-bond acceptors (Lipinski definition) is 4. The molecule has 0 bridgehead atoms. The van der Waals surface area contributed by atoms with Gasteiger partial charge in [-0.25, -0.2) is 9.37 Å². The minimum absolute atomic E-state index is 0.206. The quantitative estimate of drug-likeness (QED) is 0.731. The summed E-state index contributed by atoms with van der Waals surface area (Å²) < 4.78 is 2.09. The van der Waals surface area contributed by atoms with Gasteiger partial charge in [0.05, 0.1) is 0 Å². The molecule has 1 aromatic rings. The number of aryl methyl sites for hydroxylation is 1. The first-order chi connectivity index (χ1) is 13.9. The molecule has 0 N–H and O–H groups in total. The topological polar surface area (TPSA) is 59.2 Å². The minimum atomic E-state index is -0.541. The van der Waals surface area contributed by atoms with Crippen molar-refractivity contribution in [3.05, 3.63) is 35.4 Å². The highest BCUT2D eigenvalue weighted by Crippen LogP contribution is 2.23. The molecule has 7 nitrogen and oxygen atoms in total. The van der Waals surface area contributed by atoms with Crippen LogP contribution in [-0.4, -0.2) is 82.7 Å². The third kappa shape index (κ3) is 3.59. The molecule has 1 aromatic carbocycles. The Bertz CT molecular complexity index is 898. The number of benzene rings is 1. The molecule has 3 heterocycles. The zero-order chi connectivity index (χ0) is 20.7. The summed E-state index contributed by atoms with van der Waals surface area (Å²) in [6.45, 7) is 7.78. The number of piperidine rings is 1. The lowest BCUT2D eigenvalue weighted by atomic mass is 9.99. The van der Waals surface area contributed by atoms with E-state index in [1.807, 2.05) is 12.1 Å². The molecule has 0 aromatic heterocycles. The van der Waals surface area contributed by atoms with Crippen molar-refractivity contribution in [3.63, 3.8) is 0 Å². The molecular weight excluding hydrogens is 366 g/mol. The van der Waals surface area contributed by atoms with Gasteiger partial charge in [-0.2, -0.15) is 0 Å². The minimum Gasteiger partial charge on any atom is -0.292 e. The van der Waals surface area contributed by atoms with Gasteiger partial charge in [0.2, 0.25) is 0 Å². The lowest BCUT2D eigenvalue weighted by Crippen LogP contribution is -2.61. The van der Waals surface area contributed by atoms with E-state index in [4.69, 9.17) is 4.99 Å². The lowest BCUT2D eigenvalue weighted by molar-refractivity contribution is -0.552. The molecule has 2 saturated heterocycles. The number of nitrogens with zero attached hydrogens (tertiary/aromatic N) is 5. The monoisotopic (exact) mass is 396 g/mol. The second-order valence-electron chi connectivity index (χ2n) is 8.54. The van der Waals surface area contributed by atoms with Gasteiger partial charge >= 0.3 is 11.9 Å². The van der Waals surface area contributed by atoms with Crippen LogP contribution in [-0.2, 0) is 11.3 Å². The van der Waals surface area contributed by atoms with Crippen molar-refractivity contribution in [2.24, 2.45) is 10.9 Å². The molecule has 4 rings (SSSR count). The molecular formula is C22H30N5O2+. The standard InChI is InChI=1S/C22H30N5O2/c1-15-9-11-26(12-10-15)14-18-23-20-19(21(28)25(4)22(29)24(20)3)27(18)13-17-8-6-5-7-16(17)2/h5-8,15,19H,9-14H2,1-4H3/q+1. The van der Waals surface area contributed by atoms with Crippen molar-refractivity contribution in [1.29, 1.82) is 0 Å². The largest absolute Gasteiger partial charge is 0.333 e. The summed E-state index contributed by atoms with van der Waals surface area (Å²) in [5.74, 6) is 1.98. The van der Waals surface area contributed by atoms with E-state index < -0.39 is 6.04 Å². The van der Waals surface area contributed by atoms with Crippen LogP contribution in [0.3, 0.4) is 0 Å². The highest BCUT2D eigenvalue weighted by Gasteiger charge is 2.53. The summed E-state index contributed by atoms with van der Waals surface area (Å²) in [4.78, 5) is 35.5. The van der Waals surface area contributed by atoms with Gasteiger partial charge in [-0.05, 0) is 54.9 Å². The zero-order valence-electron chi connectivity index (χ0n) is 17.8. The molecule has 1 atom stereocenters. The van der Waals surface area contributed by atoms with Crippen molar-refractivity contribution in [1.82, 2.24) is 14.7 Å². The van der Waals surface area contributed by atoms with Crippen LogP contribution < -0.4 is 0 Å². The van der Waals surface area contributed by atoms with Gasteiger partial charge in [-0.1, -0.05) is 31.2 Å². The van der Waals surface area contributed by atoms with Gasteiger partial charge in [0.25, 0.3) is 17.8 Å². The van der Waals surface area contributed by atoms with Crippen LogP contribution in [0.25, 0.3) is 0 Å². The lowest BCUT2D eigenvalue weighted by Gasteiger charge is -2.31. The van der Waals surface area contributed by atoms with Gasteiger partial charge in [-0.15, -0.1) is 0 Å². The van der Waals surface area contributed by atoms with E-state index in [0.29, 0.717) is 18.9 Å². The van der Waals surface area contributed by atoms with Gasteiger partial charge in [-0.3, -0.25) is 19.5 Å². The molecule has 29 heavy (non-hydrogen) atoms. The Morgan fingerprint density at radius 3 is 2.48 bits per heavy atom. The number of likely N-dealkylation sites (tertiary alicyclic amines) is 1. The van der Waals surface area contributed by atoms with Gasteiger partial charge in [0.1, 0.15) is 13.1 Å². The maximum atomic E-state index is 13.1. The summed E-state index contributed by atoms with van der Waals surface area (Å²) in [5, 5.41) is 0. The van der Waals surface area contributed by atoms with Crippen LogP contribution in [0.1, 0.15) is 30.9 Å². The predicted octanol–water partition coefficient (Wildman–Crippen LogP) is 1.94. The highest BCUT2D eigenvalue weighted by molar-refractivity contribution is 6.23. The summed E-state index contributed by atoms with van der Waals surface area (Å²) >= 11 is 0.